The maximum atomic E-state index is 12.1. The van der Waals surface area contributed by atoms with Crippen LogP contribution in [0.2, 0.25) is 0 Å². The topological polar surface area (TPSA) is 40.5 Å². The third-order valence-corrected chi connectivity index (χ3v) is 3.15. The van der Waals surface area contributed by atoms with Crippen molar-refractivity contribution in [1.29, 1.82) is 0 Å². The largest absolute Gasteiger partial charge is 2.00 e. The Kier molecular flexibility index (Phi) is 13.7. The first-order valence-corrected chi connectivity index (χ1v) is 8.24. The zero-order valence-corrected chi connectivity index (χ0v) is 18.2. The smallest absolute Gasteiger partial charge is 0.503 e. The van der Waals surface area contributed by atoms with Gasteiger partial charge in [0.1, 0.15) is 0 Å². The van der Waals surface area contributed by atoms with Crippen LogP contribution in [0.3, 0.4) is 0 Å². The van der Waals surface area contributed by atoms with Gasteiger partial charge in [-0.25, -0.2) is 41.8 Å². The summed E-state index contributed by atoms with van der Waals surface area (Å²) in [6.45, 7) is 0. The number of rotatable bonds is 0. The van der Waals surface area contributed by atoms with Crippen LogP contribution in [0.1, 0.15) is 0 Å². The van der Waals surface area contributed by atoms with Crippen molar-refractivity contribution in [2.45, 2.75) is 0 Å². The molecule has 0 amide bonds. The fourth-order valence-electron chi connectivity index (χ4n) is 1.67. The summed E-state index contributed by atoms with van der Waals surface area (Å²) in [6, 6.07) is 22.5. The van der Waals surface area contributed by atoms with E-state index < -0.39 is 46.4 Å². The van der Waals surface area contributed by atoms with E-state index in [0.717, 1.165) is 0 Å². The standard InChI is InChI=1S/2C6H3F3O.2C5H5.Zr/c2*7-3-1-2-4(8)6(10)5(3)9;2*1-2-4-5-3-1;/h2*1-2,10H;2*1-5H;/q;;2*-1;+2. The first kappa shape index (κ1) is 28.2. The van der Waals surface area contributed by atoms with Gasteiger partial charge in [-0.3, -0.25) is 0 Å². The average molecular weight is 518 g/mol. The van der Waals surface area contributed by atoms with Crippen LogP contribution in [0.5, 0.6) is 11.5 Å². The summed E-state index contributed by atoms with van der Waals surface area (Å²) in [7, 11) is 0. The van der Waals surface area contributed by atoms with Crippen LogP contribution in [0.4, 0.5) is 26.3 Å². The van der Waals surface area contributed by atoms with Gasteiger partial charge < -0.3 is 10.2 Å². The van der Waals surface area contributed by atoms with E-state index >= 15 is 0 Å². The van der Waals surface area contributed by atoms with Gasteiger partial charge in [0.05, 0.1) is 0 Å². The van der Waals surface area contributed by atoms with Crippen molar-refractivity contribution in [2.75, 3.05) is 0 Å². The van der Waals surface area contributed by atoms with E-state index in [2.05, 4.69) is 0 Å². The molecule has 0 spiro atoms. The molecule has 0 aromatic heterocycles. The maximum absolute atomic E-state index is 12.1. The number of aromatic hydroxyl groups is 2. The van der Waals surface area contributed by atoms with Gasteiger partial charge in [0.2, 0.25) is 11.6 Å². The molecule has 4 aromatic carbocycles. The Morgan fingerprint density at radius 2 is 0.742 bits per heavy atom. The quantitative estimate of drug-likeness (QED) is 0.160. The molecule has 0 fully saturated rings. The number of phenols is 2. The summed E-state index contributed by atoms with van der Waals surface area (Å²) in [4.78, 5) is 0. The Morgan fingerprint density at radius 1 is 0.484 bits per heavy atom. The molecule has 162 valence electrons. The third kappa shape index (κ3) is 10.2. The van der Waals surface area contributed by atoms with Crippen LogP contribution in [0, 0.1) is 34.9 Å². The summed E-state index contributed by atoms with van der Waals surface area (Å²) in [5, 5.41) is 16.8. The molecule has 9 heteroatoms. The summed E-state index contributed by atoms with van der Waals surface area (Å²) >= 11 is 0. The van der Waals surface area contributed by atoms with E-state index in [9.17, 15) is 26.3 Å². The summed E-state index contributed by atoms with van der Waals surface area (Å²) < 4.78 is 72.6. The van der Waals surface area contributed by atoms with Crippen LogP contribution < -0.4 is 0 Å². The van der Waals surface area contributed by atoms with Gasteiger partial charge in [0.25, 0.3) is 0 Å². The van der Waals surface area contributed by atoms with E-state index in [-0.39, 0.29) is 26.2 Å². The second-order valence-electron chi connectivity index (χ2n) is 5.31. The number of benzene rings is 2. The summed E-state index contributed by atoms with van der Waals surface area (Å²) in [6.07, 6.45) is 0. The minimum atomic E-state index is -1.56. The van der Waals surface area contributed by atoms with Crippen molar-refractivity contribution in [3.8, 4) is 11.5 Å². The number of phenolic OH excluding ortho intramolecular Hbond substituents is 2. The molecule has 0 aliphatic carbocycles. The molecular formula is C22H16F6O2Zr. The van der Waals surface area contributed by atoms with E-state index in [0.29, 0.717) is 24.3 Å². The Bertz CT molecular complexity index is 820. The van der Waals surface area contributed by atoms with Crippen LogP contribution in [0.25, 0.3) is 0 Å². The molecule has 0 heterocycles. The zero-order chi connectivity index (χ0) is 22.5. The second-order valence-corrected chi connectivity index (χ2v) is 5.31. The fraction of sp³-hybridized carbons (Fsp3) is 0. The van der Waals surface area contributed by atoms with E-state index in [1.54, 1.807) is 0 Å². The number of hydrogen-bond donors (Lipinski definition) is 2. The molecule has 4 rings (SSSR count). The van der Waals surface area contributed by atoms with Gasteiger partial charge in [-0.2, -0.15) is 45.2 Å². The molecule has 0 aliphatic heterocycles. The molecule has 0 radical (unpaired) electrons. The fourth-order valence-corrected chi connectivity index (χ4v) is 1.67. The van der Waals surface area contributed by atoms with Gasteiger partial charge in [-0.1, -0.05) is 0 Å². The van der Waals surface area contributed by atoms with E-state index in [4.69, 9.17) is 10.2 Å². The molecule has 2 nitrogen and oxygen atoms in total. The maximum Gasteiger partial charge on any atom is 2.00 e. The van der Waals surface area contributed by atoms with Crippen LogP contribution in [-0.4, -0.2) is 10.2 Å². The monoisotopic (exact) mass is 516 g/mol. The molecule has 0 aliphatic rings. The normalized spacial score (nSPS) is 8.97. The Balaban J connectivity index is 0.000000401. The predicted octanol–water partition coefficient (Wildman–Crippen LogP) is 6.43. The molecule has 2 N–H and O–H groups in total. The van der Waals surface area contributed by atoms with Crippen LogP contribution in [-0.2, 0) is 26.2 Å². The van der Waals surface area contributed by atoms with Crippen molar-refractivity contribution in [2.24, 2.45) is 0 Å². The van der Waals surface area contributed by atoms with Gasteiger partial charge in [-0.05, 0) is 24.3 Å². The second kappa shape index (κ2) is 15.1. The number of hydrogen-bond acceptors (Lipinski definition) is 2. The Labute approximate surface area is 193 Å². The summed E-state index contributed by atoms with van der Waals surface area (Å²) in [5.74, 6) is -10.5. The van der Waals surface area contributed by atoms with Crippen molar-refractivity contribution >= 4 is 0 Å². The Morgan fingerprint density at radius 3 is 0.935 bits per heavy atom. The van der Waals surface area contributed by atoms with Crippen LogP contribution >= 0.6 is 0 Å². The van der Waals surface area contributed by atoms with Gasteiger partial charge in [0.15, 0.2) is 34.8 Å². The molecule has 0 saturated carbocycles. The van der Waals surface area contributed by atoms with Gasteiger partial charge in [-0.15, -0.1) is 0 Å². The van der Waals surface area contributed by atoms with Crippen molar-refractivity contribution in [3.63, 3.8) is 0 Å². The molecule has 31 heavy (non-hydrogen) atoms. The molecule has 0 bridgehead atoms. The minimum Gasteiger partial charge on any atom is -0.503 e. The average Bonchev–Trinajstić information content (AvgIpc) is 3.50. The molecule has 0 unspecified atom stereocenters. The van der Waals surface area contributed by atoms with E-state index in [1.807, 2.05) is 60.7 Å². The van der Waals surface area contributed by atoms with Gasteiger partial charge in [0, 0.05) is 0 Å². The first-order chi connectivity index (χ1) is 14.3. The molecule has 0 saturated heterocycles. The van der Waals surface area contributed by atoms with Crippen molar-refractivity contribution in [1.82, 2.24) is 0 Å². The predicted molar refractivity (Wildman–Crippen MR) is 100 cm³/mol. The van der Waals surface area contributed by atoms with Gasteiger partial charge >= 0.3 is 26.2 Å². The van der Waals surface area contributed by atoms with Crippen LogP contribution in [0.15, 0.2) is 84.9 Å². The molecular weight excluding hydrogens is 501 g/mol. The Hall–Kier alpha value is -2.80. The summed E-state index contributed by atoms with van der Waals surface area (Å²) in [5.41, 5.74) is 0. The third-order valence-electron chi connectivity index (χ3n) is 3.15. The first-order valence-electron chi connectivity index (χ1n) is 8.24. The molecule has 0 atom stereocenters. The minimum absolute atomic E-state index is 0. The SMILES string of the molecule is Oc1c(F)ccc(F)c1F.Oc1c(F)ccc(F)c1F.[Zr+2].c1cc[cH-]c1.c1cc[cH-]c1. The molecule has 4 aromatic rings. The van der Waals surface area contributed by atoms with Crippen molar-refractivity contribution < 1.29 is 62.8 Å². The zero-order valence-electron chi connectivity index (χ0n) is 15.7. The van der Waals surface area contributed by atoms with Crippen molar-refractivity contribution in [3.05, 3.63) is 120 Å². The number of halogens is 6. The van der Waals surface area contributed by atoms with E-state index in [1.165, 1.54) is 0 Å².